The molecular weight excluding hydrogens is 318 g/mol. The highest BCUT2D eigenvalue weighted by atomic mass is 28.3. The molecule has 0 bridgehead atoms. The predicted molar refractivity (Wildman–Crippen MR) is 102 cm³/mol. The first-order valence-corrected chi connectivity index (χ1v) is 13.3. The number of carbonyl (C=O) groups excluding carboxylic acids is 2. The number of esters is 1. The normalized spacial score (nSPS) is 17.8. The molecular formula is C19H37NO3Si. The molecule has 0 spiro atoms. The molecule has 1 N–H and O–H groups in total. The van der Waals surface area contributed by atoms with Crippen LogP contribution in [0.3, 0.4) is 0 Å². The summed E-state index contributed by atoms with van der Waals surface area (Å²) in [5.41, 5.74) is 0. The molecule has 24 heavy (non-hydrogen) atoms. The second kappa shape index (κ2) is 11.7. The number of cyclic esters (lactones) is 1. The molecule has 0 aliphatic carbocycles. The van der Waals surface area contributed by atoms with Crippen molar-refractivity contribution in [3.8, 4) is 0 Å². The van der Waals surface area contributed by atoms with Gasteiger partial charge in [0.1, 0.15) is 6.04 Å². The van der Waals surface area contributed by atoms with Crippen LogP contribution in [0.4, 0.5) is 0 Å². The van der Waals surface area contributed by atoms with Gasteiger partial charge in [0.15, 0.2) is 0 Å². The molecule has 1 rings (SSSR count). The van der Waals surface area contributed by atoms with Crippen LogP contribution in [0.15, 0.2) is 0 Å². The molecule has 0 aromatic carbocycles. The highest BCUT2D eigenvalue weighted by molar-refractivity contribution is 6.77. The second-order valence-electron chi connectivity index (χ2n) is 7.97. The Labute approximate surface area is 149 Å². The molecule has 0 aromatic rings. The van der Waals surface area contributed by atoms with E-state index in [-0.39, 0.29) is 11.9 Å². The zero-order valence-corrected chi connectivity index (χ0v) is 17.0. The number of carbonyl (C=O) groups is 2. The molecule has 4 nitrogen and oxygen atoms in total. The number of rotatable bonds is 13. The summed E-state index contributed by atoms with van der Waals surface area (Å²) in [6.07, 6.45) is 11.5. The molecule has 0 unspecified atom stereocenters. The lowest BCUT2D eigenvalue weighted by Crippen LogP contribution is -2.37. The molecule has 1 aliphatic heterocycles. The van der Waals surface area contributed by atoms with Crippen LogP contribution in [-0.2, 0) is 14.3 Å². The van der Waals surface area contributed by atoms with Crippen molar-refractivity contribution >= 4 is 20.0 Å². The van der Waals surface area contributed by atoms with Gasteiger partial charge in [0, 0.05) is 20.9 Å². The summed E-state index contributed by atoms with van der Waals surface area (Å²) in [5.74, 6) is -0.287. The van der Waals surface area contributed by atoms with E-state index < -0.39 is 14.1 Å². The van der Waals surface area contributed by atoms with Crippen molar-refractivity contribution in [3.63, 3.8) is 0 Å². The van der Waals surface area contributed by atoms with E-state index in [9.17, 15) is 9.59 Å². The molecule has 1 fully saturated rings. The third kappa shape index (κ3) is 9.45. The predicted octanol–water partition coefficient (Wildman–Crippen LogP) is 4.66. The van der Waals surface area contributed by atoms with Gasteiger partial charge in [-0.15, -0.1) is 0 Å². The number of nitrogens with one attached hydrogen (secondary N) is 1. The monoisotopic (exact) mass is 355 g/mol. The van der Waals surface area contributed by atoms with E-state index >= 15 is 0 Å². The molecule has 1 amide bonds. The van der Waals surface area contributed by atoms with Gasteiger partial charge >= 0.3 is 5.97 Å². The van der Waals surface area contributed by atoms with Crippen molar-refractivity contribution in [2.24, 2.45) is 0 Å². The highest BCUT2D eigenvalue weighted by Gasteiger charge is 2.27. The fourth-order valence-electron chi connectivity index (χ4n) is 3.29. The quantitative estimate of drug-likeness (QED) is 0.297. The number of amides is 1. The van der Waals surface area contributed by atoms with Crippen molar-refractivity contribution < 1.29 is 14.3 Å². The SMILES string of the molecule is CCCCCCCC[Si](C)(C)CCCCC(=O)N[C@H]1CCOC1=O. The largest absolute Gasteiger partial charge is 0.464 e. The standard InChI is InChI=1S/C19H37NO3Si/c1-4-5-6-7-8-10-15-24(2,3)16-11-9-12-18(21)20-17-13-14-23-19(17)22/h17H,4-16H2,1-3H3,(H,20,21)/t17-/m0/s1. The van der Waals surface area contributed by atoms with Crippen molar-refractivity contribution in [3.05, 3.63) is 0 Å². The zero-order chi connectivity index (χ0) is 17.8. The number of unbranched alkanes of at least 4 members (excludes halogenated alkanes) is 6. The zero-order valence-electron chi connectivity index (χ0n) is 16.0. The third-order valence-electron chi connectivity index (χ3n) is 4.99. The van der Waals surface area contributed by atoms with Gasteiger partial charge in [-0.1, -0.05) is 77.1 Å². The van der Waals surface area contributed by atoms with E-state index in [2.05, 4.69) is 25.3 Å². The second-order valence-corrected chi connectivity index (χ2v) is 13.3. The van der Waals surface area contributed by atoms with Crippen molar-refractivity contribution in [1.29, 1.82) is 0 Å². The number of hydrogen-bond donors (Lipinski definition) is 1. The Morgan fingerprint density at radius 3 is 2.33 bits per heavy atom. The van der Waals surface area contributed by atoms with Crippen LogP contribution >= 0.6 is 0 Å². The first-order valence-electron chi connectivity index (χ1n) is 9.90. The minimum atomic E-state index is -1.10. The maximum atomic E-state index is 11.9. The first-order chi connectivity index (χ1) is 11.4. The fourth-order valence-corrected chi connectivity index (χ4v) is 5.96. The summed E-state index contributed by atoms with van der Waals surface area (Å²) in [5, 5.41) is 2.78. The fraction of sp³-hybridized carbons (Fsp3) is 0.895. The molecule has 0 aromatic heterocycles. The summed E-state index contributed by atoms with van der Waals surface area (Å²) in [4.78, 5) is 23.2. The average molecular weight is 356 g/mol. The maximum Gasteiger partial charge on any atom is 0.328 e. The lowest BCUT2D eigenvalue weighted by molar-refractivity contribution is -0.141. The average Bonchev–Trinajstić information content (AvgIpc) is 2.92. The minimum Gasteiger partial charge on any atom is -0.464 e. The Hall–Kier alpha value is -0.843. The summed E-state index contributed by atoms with van der Waals surface area (Å²) < 4.78 is 4.86. The molecule has 5 heteroatoms. The van der Waals surface area contributed by atoms with Gasteiger partial charge in [0.05, 0.1) is 6.61 Å². The Morgan fingerprint density at radius 1 is 1.08 bits per heavy atom. The summed E-state index contributed by atoms with van der Waals surface area (Å²) in [6, 6.07) is 2.32. The highest BCUT2D eigenvalue weighted by Crippen LogP contribution is 2.23. The molecule has 0 radical (unpaired) electrons. The van der Waals surface area contributed by atoms with Crippen LogP contribution in [0.2, 0.25) is 25.2 Å². The van der Waals surface area contributed by atoms with Gasteiger partial charge in [-0.2, -0.15) is 0 Å². The van der Waals surface area contributed by atoms with E-state index in [0.29, 0.717) is 19.4 Å². The van der Waals surface area contributed by atoms with Gasteiger partial charge in [-0.25, -0.2) is 4.79 Å². The van der Waals surface area contributed by atoms with E-state index in [1.807, 2.05) is 0 Å². The third-order valence-corrected chi connectivity index (χ3v) is 8.40. The van der Waals surface area contributed by atoms with E-state index in [0.717, 1.165) is 12.8 Å². The Morgan fingerprint density at radius 2 is 1.71 bits per heavy atom. The summed E-state index contributed by atoms with van der Waals surface area (Å²) in [6.45, 7) is 7.65. The van der Waals surface area contributed by atoms with Crippen LogP contribution in [0, 0.1) is 0 Å². The first kappa shape index (κ1) is 21.2. The Bertz CT molecular complexity index is 385. The lowest BCUT2D eigenvalue weighted by Gasteiger charge is -2.22. The smallest absolute Gasteiger partial charge is 0.328 e. The number of ether oxygens (including phenoxy) is 1. The Kier molecular flexibility index (Phi) is 10.3. The van der Waals surface area contributed by atoms with Gasteiger partial charge in [0.25, 0.3) is 0 Å². The molecule has 1 heterocycles. The minimum absolute atomic E-state index is 0.00533. The van der Waals surface area contributed by atoms with Crippen LogP contribution in [0.5, 0.6) is 0 Å². The van der Waals surface area contributed by atoms with E-state index in [4.69, 9.17) is 4.74 Å². The lowest BCUT2D eigenvalue weighted by atomic mass is 10.1. The molecule has 1 aliphatic rings. The summed E-state index contributed by atoms with van der Waals surface area (Å²) in [7, 11) is -1.10. The topological polar surface area (TPSA) is 55.4 Å². The Balaban J connectivity index is 2.03. The summed E-state index contributed by atoms with van der Waals surface area (Å²) >= 11 is 0. The van der Waals surface area contributed by atoms with Crippen molar-refractivity contribution in [2.75, 3.05) is 6.61 Å². The van der Waals surface area contributed by atoms with Crippen molar-refractivity contribution in [1.82, 2.24) is 5.32 Å². The van der Waals surface area contributed by atoms with Gasteiger partial charge < -0.3 is 10.1 Å². The van der Waals surface area contributed by atoms with E-state index in [1.54, 1.807) is 0 Å². The van der Waals surface area contributed by atoms with Gasteiger partial charge in [-0.3, -0.25) is 4.79 Å². The van der Waals surface area contributed by atoms with Crippen LogP contribution in [0.1, 0.15) is 71.1 Å². The maximum absolute atomic E-state index is 11.9. The van der Waals surface area contributed by atoms with Crippen LogP contribution < -0.4 is 5.32 Å². The van der Waals surface area contributed by atoms with Crippen LogP contribution in [-0.4, -0.2) is 32.6 Å². The molecule has 0 saturated carbocycles. The molecule has 1 saturated heterocycles. The van der Waals surface area contributed by atoms with E-state index in [1.165, 1.54) is 50.6 Å². The van der Waals surface area contributed by atoms with Crippen molar-refractivity contribution in [2.45, 2.75) is 102 Å². The van der Waals surface area contributed by atoms with Gasteiger partial charge in [-0.05, 0) is 6.42 Å². The van der Waals surface area contributed by atoms with Gasteiger partial charge in [0.2, 0.25) is 5.91 Å². The number of hydrogen-bond acceptors (Lipinski definition) is 3. The van der Waals surface area contributed by atoms with Crippen LogP contribution in [0.25, 0.3) is 0 Å². The molecule has 1 atom stereocenters. The molecule has 140 valence electrons.